The lowest BCUT2D eigenvalue weighted by molar-refractivity contribution is -0.153. The lowest BCUT2D eigenvalue weighted by Gasteiger charge is -2.13. The zero-order valence-corrected chi connectivity index (χ0v) is 16.2. The molecule has 0 radical (unpaired) electrons. The van der Waals surface area contributed by atoms with Crippen molar-refractivity contribution in [2.45, 2.75) is 37.6 Å². The number of hydrogen-bond donors (Lipinski definition) is 3. The van der Waals surface area contributed by atoms with E-state index in [1.165, 1.54) is 24.4 Å². The van der Waals surface area contributed by atoms with E-state index >= 15 is 0 Å². The summed E-state index contributed by atoms with van der Waals surface area (Å²) in [6, 6.07) is 11.2. The van der Waals surface area contributed by atoms with E-state index in [2.05, 4.69) is 20.6 Å². The topological polar surface area (TPSA) is 100 Å². The van der Waals surface area contributed by atoms with Crippen molar-refractivity contribution in [2.75, 3.05) is 10.6 Å². The zero-order valence-electron chi connectivity index (χ0n) is 16.2. The van der Waals surface area contributed by atoms with Crippen molar-refractivity contribution in [3.05, 3.63) is 60.1 Å². The Kier molecular flexibility index (Phi) is 5.64. The number of aliphatic hydroxyl groups excluding tert-OH is 1. The van der Waals surface area contributed by atoms with Crippen LogP contribution in [0.2, 0.25) is 0 Å². The molecular weight excluding hydrogens is 413 g/mol. The molecule has 3 aromatic rings. The molecule has 3 N–H and O–H groups in total. The van der Waals surface area contributed by atoms with Crippen molar-refractivity contribution < 1.29 is 27.5 Å². The monoisotopic (exact) mass is 432 g/mol. The van der Waals surface area contributed by atoms with Gasteiger partial charge < -0.3 is 20.2 Å². The maximum absolute atomic E-state index is 13.4. The van der Waals surface area contributed by atoms with Crippen LogP contribution in [0.4, 0.5) is 24.7 Å². The molecule has 0 unspecified atom stereocenters. The summed E-state index contributed by atoms with van der Waals surface area (Å²) in [5.41, 5.74) is -0.325. The van der Waals surface area contributed by atoms with Gasteiger partial charge in [0.2, 0.25) is 11.7 Å². The highest BCUT2D eigenvalue weighted by Gasteiger charge is 2.42. The minimum absolute atomic E-state index is 0.101. The Morgan fingerprint density at radius 2 is 1.90 bits per heavy atom. The highest BCUT2D eigenvalue weighted by Crippen LogP contribution is 2.35. The number of aromatic nitrogens is 2. The molecule has 1 amide bonds. The molecule has 162 valence electrons. The first-order valence-electron chi connectivity index (χ1n) is 9.65. The quantitative estimate of drug-likeness (QED) is 0.555. The number of alkyl halides is 3. The maximum atomic E-state index is 13.4. The van der Waals surface area contributed by atoms with Gasteiger partial charge in [-0.05, 0) is 43.5 Å². The summed E-state index contributed by atoms with van der Waals surface area (Å²) < 4.78 is 45.1. The number of rotatable bonds is 5. The van der Waals surface area contributed by atoms with Gasteiger partial charge >= 0.3 is 6.18 Å². The second kappa shape index (κ2) is 8.38. The SMILES string of the molecule is O=C(Nc1ccc(N[C@@H]2CC[C@H](O)C2)nc1)c1nc(-c2ccccc2)oc1C(F)(F)F. The van der Waals surface area contributed by atoms with Gasteiger partial charge in [-0.2, -0.15) is 13.2 Å². The van der Waals surface area contributed by atoms with Gasteiger partial charge in [-0.15, -0.1) is 0 Å². The van der Waals surface area contributed by atoms with Crippen molar-refractivity contribution in [1.29, 1.82) is 0 Å². The van der Waals surface area contributed by atoms with E-state index in [4.69, 9.17) is 4.42 Å². The molecule has 2 atom stereocenters. The molecule has 1 saturated carbocycles. The number of nitrogens with one attached hydrogen (secondary N) is 2. The van der Waals surface area contributed by atoms with E-state index in [0.29, 0.717) is 17.8 Å². The molecule has 1 aliphatic rings. The van der Waals surface area contributed by atoms with Crippen molar-refractivity contribution in [3.8, 4) is 11.5 Å². The molecule has 1 fully saturated rings. The summed E-state index contributed by atoms with van der Waals surface area (Å²) in [6.45, 7) is 0. The summed E-state index contributed by atoms with van der Waals surface area (Å²) in [5.74, 6) is -2.27. The third kappa shape index (κ3) is 4.85. The average Bonchev–Trinajstić information content (AvgIpc) is 3.37. The molecule has 0 spiro atoms. The molecule has 7 nitrogen and oxygen atoms in total. The van der Waals surface area contributed by atoms with Crippen LogP contribution >= 0.6 is 0 Å². The second-order valence-electron chi connectivity index (χ2n) is 7.25. The van der Waals surface area contributed by atoms with Gasteiger partial charge in [0, 0.05) is 11.6 Å². The smallest absolute Gasteiger partial charge is 0.431 e. The number of pyridine rings is 1. The Balaban J connectivity index is 1.51. The van der Waals surface area contributed by atoms with Gasteiger partial charge in [-0.3, -0.25) is 4.79 Å². The van der Waals surface area contributed by atoms with Crippen LogP contribution in [-0.2, 0) is 6.18 Å². The van der Waals surface area contributed by atoms with Crippen LogP contribution in [0.1, 0.15) is 35.5 Å². The van der Waals surface area contributed by atoms with Crippen molar-refractivity contribution in [3.63, 3.8) is 0 Å². The Morgan fingerprint density at radius 1 is 1.13 bits per heavy atom. The lowest BCUT2D eigenvalue weighted by atomic mass is 10.2. The summed E-state index contributed by atoms with van der Waals surface area (Å²) in [7, 11) is 0. The number of nitrogens with zero attached hydrogens (tertiary/aromatic N) is 2. The first-order valence-corrected chi connectivity index (χ1v) is 9.65. The Hall–Kier alpha value is -3.40. The van der Waals surface area contributed by atoms with Crippen LogP contribution in [0.5, 0.6) is 0 Å². The van der Waals surface area contributed by atoms with Gasteiger partial charge in [-0.1, -0.05) is 18.2 Å². The molecule has 0 saturated heterocycles. The van der Waals surface area contributed by atoms with E-state index in [0.717, 1.165) is 12.8 Å². The minimum atomic E-state index is -4.88. The van der Waals surface area contributed by atoms with E-state index in [9.17, 15) is 23.1 Å². The highest BCUT2D eigenvalue weighted by molar-refractivity contribution is 6.04. The zero-order chi connectivity index (χ0) is 22.0. The highest BCUT2D eigenvalue weighted by atomic mass is 19.4. The number of benzene rings is 1. The molecule has 1 aromatic carbocycles. The number of carbonyl (C=O) groups excluding carboxylic acids is 1. The predicted octanol–water partition coefficient (Wildman–Crippen LogP) is 4.33. The van der Waals surface area contributed by atoms with Gasteiger partial charge in [0.1, 0.15) is 5.82 Å². The number of oxazole rings is 1. The van der Waals surface area contributed by atoms with E-state index in [-0.39, 0.29) is 23.7 Å². The molecular formula is C21H19F3N4O3. The predicted molar refractivity (Wildman–Crippen MR) is 106 cm³/mol. The van der Waals surface area contributed by atoms with E-state index < -0.39 is 23.5 Å². The Labute approximate surface area is 175 Å². The minimum Gasteiger partial charge on any atom is -0.431 e. The third-order valence-electron chi connectivity index (χ3n) is 4.90. The second-order valence-corrected chi connectivity index (χ2v) is 7.25. The number of aliphatic hydroxyl groups is 1. The molecule has 1 aliphatic carbocycles. The Bertz CT molecular complexity index is 1050. The fourth-order valence-corrected chi connectivity index (χ4v) is 3.41. The molecule has 4 rings (SSSR count). The van der Waals surface area contributed by atoms with Crippen LogP contribution in [0.25, 0.3) is 11.5 Å². The van der Waals surface area contributed by atoms with E-state index in [1.807, 2.05) is 0 Å². The summed E-state index contributed by atoms with van der Waals surface area (Å²) in [6.07, 6.45) is -1.73. The van der Waals surface area contributed by atoms with Crippen molar-refractivity contribution >= 4 is 17.4 Å². The summed E-state index contributed by atoms with van der Waals surface area (Å²) in [5, 5.41) is 15.1. The van der Waals surface area contributed by atoms with Gasteiger partial charge in [0.25, 0.3) is 5.91 Å². The first kappa shape index (κ1) is 20.9. The third-order valence-corrected chi connectivity index (χ3v) is 4.90. The van der Waals surface area contributed by atoms with Crippen molar-refractivity contribution in [1.82, 2.24) is 9.97 Å². The normalized spacial score (nSPS) is 18.7. The summed E-state index contributed by atoms with van der Waals surface area (Å²) >= 11 is 0. The Morgan fingerprint density at radius 3 is 2.52 bits per heavy atom. The van der Waals surface area contributed by atoms with E-state index in [1.54, 1.807) is 24.3 Å². The van der Waals surface area contributed by atoms with Crippen LogP contribution in [0.3, 0.4) is 0 Å². The lowest BCUT2D eigenvalue weighted by Crippen LogP contribution is -2.19. The fraction of sp³-hybridized carbons (Fsp3) is 0.286. The average molecular weight is 432 g/mol. The van der Waals surface area contributed by atoms with Crippen molar-refractivity contribution in [2.24, 2.45) is 0 Å². The number of carbonyl (C=O) groups is 1. The molecule has 2 heterocycles. The molecule has 31 heavy (non-hydrogen) atoms. The molecule has 2 aromatic heterocycles. The first-order chi connectivity index (χ1) is 14.8. The number of hydrogen-bond acceptors (Lipinski definition) is 6. The van der Waals surface area contributed by atoms with Gasteiger partial charge in [0.15, 0.2) is 5.69 Å². The van der Waals surface area contributed by atoms with Gasteiger partial charge in [-0.25, -0.2) is 9.97 Å². The number of halogens is 3. The van der Waals surface area contributed by atoms with Crippen LogP contribution in [-0.4, -0.2) is 33.1 Å². The van der Waals surface area contributed by atoms with Crippen LogP contribution in [0.15, 0.2) is 53.1 Å². The maximum Gasteiger partial charge on any atom is 0.452 e. The largest absolute Gasteiger partial charge is 0.452 e. The molecule has 10 heteroatoms. The summed E-state index contributed by atoms with van der Waals surface area (Å²) in [4.78, 5) is 20.5. The fourth-order valence-electron chi connectivity index (χ4n) is 3.41. The number of anilines is 2. The molecule has 0 aliphatic heterocycles. The van der Waals surface area contributed by atoms with Gasteiger partial charge in [0.05, 0.1) is 18.0 Å². The standard InChI is InChI=1S/C21H19F3N4O3/c22-21(23,24)18-17(28-20(31-18)12-4-2-1-3-5-12)19(30)27-14-7-9-16(25-11-14)26-13-6-8-15(29)10-13/h1-5,7,9,11,13,15,29H,6,8,10H2,(H,25,26)(H,27,30)/t13-,15+/m1/s1. The van der Waals surface area contributed by atoms with Crippen LogP contribution < -0.4 is 10.6 Å². The van der Waals surface area contributed by atoms with Crippen LogP contribution in [0, 0.1) is 0 Å². The molecule has 0 bridgehead atoms. The number of amides is 1.